The molecule has 0 radical (unpaired) electrons. The van der Waals surface area contributed by atoms with E-state index in [1.807, 2.05) is 36.4 Å². The molecule has 5 heteroatoms. The number of fused-ring (bicyclic) bond motifs is 1. The number of rotatable bonds is 5. The van der Waals surface area contributed by atoms with Gasteiger partial charge < -0.3 is 10.6 Å². The van der Waals surface area contributed by atoms with Crippen molar-refractivity contribution in [2.45, 2.75) is 13.8 Å². The lowest BCUT2D eigenvalue weighted by molar-refractivity contribution is 0.102. The van der Waals surface area contributed by atoms with Gasteiger partial charge in [-0.2, -0.15) is 0 Å². The van der Waals surface area contributed by atoms with Crippen molar-refractivity contribution in [3.63, 3.8) is 0 Å². The zero-order valence-corrected chi connectivity index (χ0v) is 15.0. The minimum atomic E-state index is -0.252. The number of nitrogens with one attached hydrogen (secondary N) is 2. The fraction of sp³-hybridized carbons (Fsp3) is 0.200. The lowest BCUT2D eigenvalue weighted by Crippen LogP contribution is -2.13. The van der Waals surface area contributed by atoms with Crippen LogP contribution < -0.4 is 10.6 Å². The molecule has 0 bridgehead atoms. The third-order valence-corrected chi connectivity index (χ3v) is 4.09. The monoisotopic (exact) mass is 353 g/mol. The molecule has 25 heavy (non-hydrogen) atoms. The van der Waals surface area contributed by atoms with Crippen LogP contribution in [0.1, 0.15) is 24.2 Å². The van der Waals surface area contributed by atoms with Gasteiger partial charge in [-0.1, -0.05) is 43.6 Å². The zero-order chi connectivity index (χ0) is 17.8. The van der Waals surface area contributed by atoms with Crippen LogP contribution in [-0.4, -0.2) is 17.4 Å². The number of halogens is 1. The summed E-state index contributed by atoms with van der Waals surface area (Å²) in [6.07, 6.45) is 1.65. The normalized spacial score (nSPS) is 10.9. The Morgan fingerprint density at radius 3 is 2.68 bits per heavy atom. The van der Waals surface area contributed by atoms with Gasteiger partial charge in [-0.15, -0.1) is 0 Å². The van der Waals surface area contributed by atoms with Crippen LogP contribution in [0, 0.1) is 5.92 Å². The summed E-state index contributed by atoms with van der Waals surface area (Å²) in [4.78, 5) is 16.9. The third-order valence-electron chi connectivity index (χ3n) is 3.78. The Morgan fingerprint density at radius 2 is 1.92 bits per heavy atom. The second-order valence-corrected chi connectivity index (χ2v) is 6.75. The summed E-state index contributed by atoms with van der Waals surface area (Å²) in [6.45, 7) is 5.12. The van der Waals surface area contributed by atoms with Gasteiger partial charge in [0.1, 0.15) is 0 Å². The number of nitrogens with zero attached hydrogens (tertiary/aromatic N) is 1. The second-order valence-electron chi connectivity index (χ2n) is 6.34. The van der Waals surface area contributed by atoms with Crippen molar-refractivity contribution in [2.24, 2.45) is 5.92 Å². The molecule has 0 fully saturated rings. The summed E-state index contributed by atoms with van der Waals surface area (Å²) < 4.78 is 0. The van der Waals surface area contributed by atoms with Gasteiger partial charge in [-0.25, -0.2) is 0 Å². The van der Waals surface area contributed by atoms with E-state index in [2.05, 4.69) is 29.5 Å². The van der Waals surface area contributed by atoms with E-state index in [1.54, 1.807) is 18.3 Å². The Morgan fingerprint density at radius 1 is 1.12 bits per heavy atom. The first-order chi connectivity index (χ1) is 12.0. The first-order valence-electron chi connectivity index (χ1n) is 8.22. The van der Waals surface area contributed by atoms with Gasteiger partial charge >= 0.3 is 0 Å². The van der Waals surface area contributed by atoms with Crippen LogP contribution in [0.3, 0.4) is 0 Å². The molecule has 128 valence electrons. The molecule has 0 aliphatic carbocycles. The number of benzene rings is 2. The molecule has 2 aromatic carbocycles. The SMILES string of the molecule is CC(C)CNc1ccc(C(=O)Nc2cnc3ccccc3c2)c(Cl)c1. The molecule has 0 saturated heterocycles. The average molecular weight is 354 g/mol. The van der Waals surface area contributed by atoms with Crippen molar-refractivity contribution < 1.29 is 4.79 Å². The van der Waals surface area contributed by atoms with E-state index in [-0.39, 0.29) is 5.91 Å². The second kappa shape index (κ2) is 7.53. The first-order valence-corrected chi connectivity index (χ1v) is 8.60. The number of para-hydroxylation sites is 1. The van der Waals surface area contributed by atoms with E-state index in [0.29, 0.717) is 22.2 Å². The summed E-state index contributed by atoms with van der Waals surface area (Å²) >= 11 is 6.28. The van der Waals surface area contributed by atoms with Crippen molar-refractivity contribution in [1.29, 1.82) is 0 Å². The van der Waals surface area contributed by atoms with Gasteiger partial charge in [0.25, 0.3) is 5.91 Å². The van der Waals surface area contributed by atoms with E-state index < -0.39 is 0 Å². The zero-order valence-electron chi connectivity index (χ0n) is 14.2. The van der Waals surface area contributed by atoms with E-state index >= 15 is 0 Å². The molecule has 3 rings (SSSR count). The topological polar surface area (TPSA) is 54.0 Å². The van der Waals surface area contributed by atoms with Gasteiger partial charge in [0.15, 0.2) is 0 Å². The maximum absolute atomic E-state index is 12.5. The summed E-state index contributed by atoms with van der Waals surface area (Å²) in [7, 11) is 0. The molecule has 0 saturated carbocycles. The van der Waals surface area contributed by atoms with Gasteiger partial charge in [0.2, 0.25) is 0 Å². The molecule has 1 heterocycles. The number of carbonyl (C=O) groups is 1. The minimum Gasteiger partial charge on any atom is -0.385 e. The number of pyridine rings is 1. The highest BCUT2D eigenvalue weighted by Gasteiger charge is 2.12. The largest absolute Gasteiger partial charge is 0.385 e. The summed E-state index contributed by atoms with van der Waals surface area (Å²) in [5.74, 6) is 0.277. The van der Waals surface area contributed by atoms with Crippen LogP contribution in [0.4, 0.5) is 11.4 Å². The average Bonchev–Trinajstić information content (AvgIpc) is 2.59. The van der Waals surface area contributed by atoms with E-state index in [1.165, 1.54) is 0 Å². The lowest BCUT2D eigenvalue weighted by Gasteiger charge is -2.11. The standard InChI is InChI=1S/C20H20ClN3O/c1-13(2)11-22-15-7-8-17(18(21)10-15)20(25)24-16-9-14-5-3-4-6-19(14)23-12-16/h3-10,12-13,22H,11H2,1-2H3,(H,24,25). The smallest absolute Gasteiger partial charge is 0.257 e. The quantitative estimate of drug-likeness (QED) is 0.662. The maximum atomic E-state index is 12.5. The van der Waals surface area contributed by atoms with Crippen LogP contribution in [-0.2, 0) is 0 Å². The molecule has 1 amide bonds. The Balaban J connectivity index is 1.75. The first kappa shape index (κ1) is 17.2. The van der Waals surface area contributed by atoms with Crippen LogP contribution in [0.15, 0.2) is 54.7 Å². The Hall–Kier alpha value is -2.59. The Kier molecular flexibility index (Phi) is 5.19. The maximum Gasteiger partial charge on any atom is 0.257 e. The predicted octanol–water partition coefficient (Wildman–Crippen LogP) is 5.21. The van der Waals surface area contributed by atoms with Gasteiger partial charge in [-0.05, 0) is 36.2 Å². The molecular formula is C20H20ClN3O. The molecule has 3 aromatic rings. The molecule has 0 atom stereocenters. The molecular weight excluding hydrogens is 334 g/mol. The highest BCUT2D eigenvalue weighted by Crippen LogP contribution is 2.23. The predicted molar refractivity (Wildman–Crippen MR) is 104 cm³/mol. The molecule has 0 aliphatic rings. The molecule has 0 spiro atoms. The van der Waals surface area contributed by atoms with E-state index in [0.717, 1.165) is 23.1 Å². The summed E-state index contributed by atoms with van der Waals surface area (Å²) in [6, 6.07) is 15.0. The highest BCUT2D eigenvalue weighted by molar-refractivity contribution is 6.34. The van der Waals surface area contributed by atoms with Gasteiger partial charge in [0, 0.05) is 17.6 Å². The van der Waals surface area contributed by atoms with Crippen molar-refractivity contribution >= 4 is 39.8 Å². The fourth-order valence-corrected chi connectivity index (χ4v) is 2.74. The Bertz CT molecular complexity index is 908. The van der Waals surface area contributed by atoms with Crippen molar-refractivity contribution in [1.82, 2.24) is 4.98 Å². The van der Waals surface area contributed by atoms with Gasteiger partial charge in [0.05, 0.1) is 28.0 Å². The fourth-order valence-electron chi connectivity index (χ4n) is 2.47. The van der Waals surface area contributed by atoms with Crippen LogP contribution >= 0.6 is 11.6 Å². The molecule has 0 unspecified atom stereocenters. The van der Waals surface area contributed by atoms with Crippen LogP contribution in [0.5, 0.6) is 0 Å². The number of anilines is 2. The summed E-state index contributed by atoms with van der Waals surface area (Å²) in [5.41, 5.74) is 2.87. The van der Waals surface area contributed by atoms with Crippen LogP contribution in [0.2, 0.25) is 5.02 Å². The van der Waals surface area contributed by atoms with E-state index in [4.69, 9.17) is 11.6 Å². The number of amides is 1. The van der Waals surface area contributed by atoms with Crippen molar-refractivity contribution in [3.8, 4) is 0 Å². The minimum absolute atomic E-state index is 0.252. The number of aromatic nitrogens is 1. The molecule has 0 aliphatic heterocycles. The number of carbonyl (C=O) groups excluding carboxylic acids is 1. The van der Waals surface area contributed by atoms with Gasteiger partial charge in [-0.3, -0.25) is 9.78 Å². The van der Waals surface area contributed by atoms with Crippen molar-refractivity contribution in [2.75, 3.05) is 17.2 Å². The summed E-state index contributed by atoms with van der Waals surface area (Å²) in [5, 5.41) is 7.54. The highest BCUT2D eigenvalue weighted by atomic mass is 35.5. The molecule has 4 nitrogen and oxygen atoms in total. The Labute approximate surface area is 152 Å². The molecule has 1 aromatic heterocycles. The van der Waals surface area contributed by atoms with Crippen molar-refractivity contribution in [3.05, 3.63) is 65.3 Å². The number of hydrogen-bond donors (Lipinski definition) is 2. The van der Waals surface area contributed by atoms with Crippen LogP contribution in [0.25, 0.3) is 10.9 Å². The third kappa shape index (κ3) is 4.28. The lowest BCUT2D eigenvalue weighted by atomic mass is 10.1. The molecule has 2 N–H and O–H groups in total. The number of hydrogen-bond acceptors (Lipinski definition) is 3. The van der Waals surface area contributed by atoms with E-state index in [9.17, 15) is 4.79 Å².